The van der Waals surface area contributed by atoms with E-state index in [2.05, 4.69) is 4.90 Å². The van der Waals surface area contributed by atoms with E-state index in [4.69, 9.17) is 16.7 Å². The van der Waals surface area contributed by atoms with Crippen LogP contribution in [0, 0.1) is 11.7 Å². The van der Waals surface area contributed by atoms with Crippen molar-refractivity contribution in [3.8, 4) is 0 Å². The number of hydrogen-bond acceptors (Lipinski definition) is 2. The number of likely N-dealkylation sites (tertiary alicyclic amines) is 1. The average Bonchev–Trinajstić information content (AvgIpc) is 2.70. The minimum Gasteiger partial charge on any atom is -0.481 e. The molecule has 1 fully saturated rings. The van der Waals surface area contributed by atoms with Crippen LogP contribution >= 0.6 is 11.6 Å². The maximum atomic E-state index is 13.6. The third kappa shape index (κ3) is 3.21. The number of carboxylic acids is 1. The number of carbonyl (C=O) groups is 1. The summed E-state index contributed by atoms with van der Waals surface area (Å²) >= 11 is 5.97. The first-order valence-corrected chi connectivity index (χ1v) is 6.31. The molecule has 1 aliphatic rings. The highest BCUT2D eigenvalue weighted by atomic mass is 35.5. The molecule has 0 bridgehead atoms. The van der Waals surface area contributed by atoms with Gasteiger partial charge in [-0.2, -0.15) is 0 Å². The molecule has 1 aromatic carbocycles. The molecule has 0 unspecified atom stereocenters. The van der Waals surface area contributed by atoms with Crippen LogP contribution < -0.4 is 0 Å². The lowest BCUT2D eigenvalue weighted by atomic mass is 10.1. The smallest absolute Gasteiger partial charge is 0.303 e. The van der Waals surface area contributed by atoms with Crippen LogP contribution in [0.3, 0.4) is 0 Å². The highest BCUT2D eigenvalue weighted by Crippen LogP contribution is 2.25. The van der Waals surface area contributed by atoms with Gasteiger partial charge >= 0.3 is 5.97 Å². The molecule has 0 radical (unpaired) electrons. The van der Waals surface area contributed by atoms with E-state index in [1.807, 2.05) is 0 Å². The molecule has 1 heterocycles. The van der Waals surface area contributed by atoms with E-state index < -0.39 is 5.97 Å². The lowest BCUT2D eigenvalue weighted by molar-refractivity contribution is -0.138. The van der Waals surface area contributed by atoms with E-state index in [9.17, 15) is 9.18 Å². The number of hydrogen-bond donors (Lipinski definition) is 1. The van der Waals surface area contributed by atoms with Crippen LogP contribution in [-0.2, 0) is 11.3 Å². The van der Waals surface area contributed by atoms with Crippen LogP contribution in [-0.4, -0.2) is 29.1 Å². The summed E-state index contributed by atoms with van der Waals surface area (Å²) in [6, 6.07) is 4.65. The van der Waals surface area contributed by atoms with E-state index >= 15 is 0 Å². The summed E-state index contributed by atoms with van der Waals surface area (Å²) in [5.74, 6) is -0.914. The molecule has 1 aromatic rings. The van der Waals surface area contributed by atoms with Gasteiger partial charge in [-0.1, -0.05) is 17.7 Å². The zero-order valence-corrected chi connectivity index (χ0v) is 10.7. The zero-order chi connectivity index (χ0) is 13.1. The summed E-state index contributed by atoms with van der Waals surface area (Å²) in [6.45, 7) is 1.93. The monoisotopic (exact) mass is 271 g/mol. The molecule has 1 N–H and O–H groups in total. The minimum atomic E-state index is -0.772. The fourth-order valence-corrected chi connectivity index (χ4v) is 2.60. The third-order valence-electron chi connectivity index (χ3n) is 3.28. The SMILES string of the molecule is O=C(O)C[C@@H]1CCN(Cc2c(F)cccc2Cl)C1. The van der Waals surface area contributed by atoms with Crippen molar-refractivity contribution < 1.29 is 14.3 Å². The second-order valence-corrected chi connectivity index (χ2v) is 5.10. The Labute approximate surface area is 110 Å². The summed E-state index contributed by atoms with van der Waals surface area (Å²) < 4.78 is 13.6. The Hall–Kier alpha value is -1.13. The Bertz CT molecular complexity index is 432. The molecular weight excluding hydrogens is 257 g/mol. The lowest BCUT2D eigenvalue weighted by Gasteiger charge is -2.17. The van der Waals surface area contributed by atoms with Gasteiger partial charge in [-0.3, -0.25) is 9.69 Å². The molecule has 1 atom stereocenters. The van der Waals surface area contributed by atoms with Gasteiger partial charge in [0.05, 0.1) is 0 Å². The summed E-state index contributed by atoms with van der Waals surface area (Å²) in [5, 5.41) is 9.17. The third-order valence-corrected chi connectivity index (χ3v) is 3.63. The Kier molecular flexibility index (Phi) is 4.19. The first kappa shape index (κ1) is 13.3. The molecule has 98 valence electrons. The molecule has 0 aromatic heterocycles. The van der Waals surface area contributed by atoms with Gasteiger partial charge in [-0.05, 0) is 31.0 Å². The van der Waals surface area contributed by atoms with Gasteiger partial charge in [0.15, 0.2) is 0 Å². The Balaban J connectivity index is 1.97. The van der Waals surface area contributed by atoms with Crippen molar-refractivity contribution in [1.29, 1.82) is 0 Å². The summed E-state index contributed by atoms with van der Waals surface area (Å²) in [5.41, 5.74) is 0.496. The van der Waals surface area contributed by atoms with Crippen molar-refractivity contribution >= 4 is 17.6 Å². The molecule has 0 amide bonds. The Morgan fingerprint density at radius 3 is 3.00 bits per heavy atom. The molecule has 5 heteroatoms. The number of aliphatic carboxylic acids is 1. The normalized spacial score (nSPS) is 20.2. The minimum absolute atomic E-state index is 0.160. The van der Waals surface area contributed by atoms with Gasteiger partial charge in [-0.15, -0.1) is 0 Å². The second kappa shape index (κ2) is 5.67. The predicted octanol–water partition coefficient (Wildman–Crippen LogP) is 2.78. The predicted molar refractivity (Wildman–Crippen MR) is 67.0 cm³/mol. The standard InChI is InChI=1S/C13H15ClFNO2/c14-11-2-1-3-12(15)10(11)8-16-5-4-9(7-16)6-13(17)18/h1-3,9H,4-8H2,(H,17,18)/t9-/m0/s1. The van der Waals surface area contributed by atoms with E-state index in [-0.39, 0.29) is 18.2 Å². The van der Waals surface area contributed by atoms with E-state index in [1.165, 1.54) is 6.07 Å². The highest BCUT2D eigenvalue weighted by molar-refractivity contribution is 6.31. The van der Waals surface area contributed by atoms with Gasteiger partial charge in [0.25, 0.3) is 0 Å². The Morgan fingerprint density at radius 1 is 1.56 bits per heavy atom. The van der Waals surface area contributed by atoms with Crippen LogP contribution in [0.1, 0.15) is 18.4 Å². The van der Waals surface area contributed by atoms with Crippen molar-refractivity contribution in [2.75, 3.05) is 13.1 Å². The number of halogens is 2. The van der Waals surface area contributed by atoms with E-state index in [1.54, 1.807) is 12.1 Å². The van der Waals surface area contributed by atoms with E-state index in [0.29, 0.717) is 23.7 Å². The molecule has 0 spiro atoms. The van der Waals surface area contributed by atoms with Gasteiger partial charge in [0, 0.05) is 30.1 Å². The quantitative estimate of drug-likeness (QED) is 0.915. The van der Waals surface area contributed by atoms with Gasteiger partial charge in [0.2, 0.25) is 0 Å². The second-order valence-electron chi connectivity index (χ2n) is 4.69. The molecule has 0 aliphatic carbocycles. The van der Waals surface area contributed by atoms with Gasteiger partial charge in [0.1, 0.15) is 5.82 Å². The molecule has 1 saturated heterocycles. The highest BCUT2D eigenvalue weighted by Gasteiger charge is 2.25. The number of rotatable bonds is 4. The van der Waals surface area contributed by atoms with Crippen LogP contribution in [0.4, 0.5) is 4.39 Å². The molecule has 18 heavy (non-hydrogen) atoms. The zero-order valence-electron chi connectivity index (χ0n) is 9.90. The molecule has 3 nitrogen and oxygen atoms in total. The van der Waals surface area contributed by atoms with Crippen molar-refractivity contribution in [3.63, 3.8) is 0 Å². The number of benzene rings is 1. The first-order valence-electron chi connectivity index (χ1n) is 5.93. The maximum absolute atomic E-state index is 13.6. The molecule has 2 rings (SSSR count). The van der Waals surface area contributed by atoms with Gasteiger partial charge < -0.3 is 5.11 Å². The summed E-state index contributed by atoms with van der Waals surface area (Å²) in [6.07, 6.45) is 1.03. The maximum Gasteiger partial charge on any atom is 0.303 e. The van der Waals surface area contributed by atoms with Crippen molar-refractivity contribution in [1.82, 2.24) is 4.90 Å². The summed E-state index contributed by atoms with van der Waals surface area (Å²) in [7, 11) is 0. The van der Waals surface area contributed by atoms with Crippen LogP contribution in [0.15, 0.2) is 18.2 Å². The van der Waals surface area contributed by atoms with Crippen molar-refractivity contribution in [2.45, 2.75) is 19.4 Å². The lowest BCUT2D eigenvalue weighted by Crippen LogP contribution is -2.21. The molecule has 1 aliphatic heterocycles. The average molecular weight is 272 g/mol. The fraction of sp³-hybridized carbons (Fsp3) is 0.462. The number of nitrogens with zero attached hydrogens (tertiary/aromatic N) is 1. The Morgan fingerprint density at radius 2 is 2.33 bits per heavy atom. The summed E-state index contributed by atoms with van der Waals surface area (Å²) in [4.78, 5) is 12.7. The molecule has 0 saturated carbocycles. The van der Waals surface area contributed by atoms with Gasteiger partial charge in [-0.25, -0.2) is 4.39 Å². The number of carboxylic acid groups (broad SMARTS) is 1. The van der Waals surface area contributed by atoms with Crippen LogP contribution in [0.25, 0.3) is 0 Å². The fourth-order valence-electron chi connectivity index (χ4n) is 2.38. The first-order chi connectivity index (χ1) is 8.56. The van der Waals surface area contributed by atoms with Crippen molar-refractivity contribution in [3.05, 3.63) is 34.6 Å². The largest absolute Gasteiger partial charge is 0.481 e. The van der Waals surface area contributed by atoms with Crippen LogP contribution in [0.2, 0.25) is 5.02 Å². The van der Waals surface area contributed by atoms with Crippen molar-refractivity contribution in [2.24, 2.45) is 5.92 Å². The van der Waals surface area contributed by atoms with E-state index in [0.717, 1.165) is 13.0 Å². The van der Waals surface area contributed by atoms with Crippen LogP contribution in [0.5, 0.6) is 0 Å². The topological polar surface area (TPSA) is 40.5 Å². The molecular formula is C13H15ClFNO2.